The van der Waals surface area contributed by atoms with E-state index in [-0.39, 0.29) is 29.7 Å². The van der Waals surface area contributed by atoms with Crippen LogP contribution in [-0.2, 0) is 13.6 Å². The first-order chi connectivity index (χ1) is 15.4. The molecule has 1 aromatic heterocycles. The number of nitrogens with two attached hydrogens (primary N) is 1. The number of para-hydroxylation sites is 1. The molecule has 2 aromatic carbocycles. The highest BCUT2D eigenvalue weighted by atomic mass is 16.2. The lowest BCUT2D eigenvalue weighted by atomic mass is 10.2. The summed E-state index contributed by atoms with van der Waals surface area (Å²) in [5.41, 5.74) is 7.15. The van der Waals surface area contributed by atoms with Gasteiger partial charge in [0.1, 0.15) is 23.8 Å². The van der Waals surface area contributed by atoms with E-state index in [1.165, 1.54) is 11.6 Å². The molecule has 3 N–H and O–H groups in total. The zero-order valence-corrected chi connectivity index (χ0v) is 18.5. The molecule has 0 saturated heterocycles. The lowest BCUT2D eigenvalue weighted by Crippen LogP contribution is -2.44. The maximum absolute atomic E-state index is 13.0. The first-order valence-electron chi connectivity index (χ1n) is 10.4. The van der Waals surface area contributed by atoms with Crippen molar-refractivity contribution in [3.8, 4) is 11.8 Å². The van der Waals surface area contributed by atoms with Crippen LogP contribution in [0.1, 0.15) is 25.0 Å². The predicted octanol–water partition coefficient (Wildman–Crippen LogP) is 2.70. The van der Waals surface area contributed by atoms with Crippen LogP contribution >= 0.6 is 0 Å². The van der Waals surface area contributed by atoms with Gasteiger partial charge in [-0.3, -0.25) is 18.9 Å². The second-order valence-corrected chi connectivity index (χ2v) is 7.74. The number of benzene rings is 2. The summed E-state index contributed by atoms with van der Waals surface area (Å²) in [6.45, 7) is 4.49. The standard InChI is InChI=1S/C25H27N5O2/c1-18(2)17-30-22(26)21(24(31)29(3)25(30)32)23(28-20-14-8-5-9-15-20)27-16-10-13-19-11-6-4-7-12-19/h4-9,11-12,14-15,18H,16-17,26H2,1-3H3,(H,27,28). The topological polar surface area (TPSA) is 94.4 Å². The Morgan fingerprint density at radius 3 is 2.31 bits per heavy atom. The van der Waals surface area contributed by atoms with E-state index in [0.717, 1.165) is 15.8 Å². The molecular weight excluding hydrogens is 402 g/mol. The Morgan fingerprint density at radius 2 is 1.69 bits per heavy atom. The number of aliphatic imine (C=N–C) groups is 1. The predicted molar refractivity (Wildman–Crippen MR) is 130 cm³/mol. The number of aromatic nitrogens is 2. The minimum Gasteiger partial charge on any atom is -0.384 e. The van der Waals surface area contributed by atoms with Crippen LogP contribution in [0.3, 0.4) is 0 Å². The molecule has 0 aliphatic rings. The van der Waals surface area contributed by atoms with E-state index >= 15 is 0 Å². The van der Waals surface area contributed by atoms with Gasteiger partial charge in [0.15, 0.2) is 0 Å². The van der Waals surface area contributed by atoms with Crippen LogP contribution in [0.5, 0.6) is 0 Å². The molecule has 164 valence electrons. The van der Waals surface area contributed by atoms with Crippen LogP contribution in [0, 0.1) is 17.8 Å². The molecule has 0 radical (unpaired) electrons. The van der Waals surface area contributed by atoms with Crippen LogP contribution in [0.2, 0.25) is 0 Å². The summed E-state index contributed by atoms with van der Waals surface area (Å²) in [5, 5.41) is 3.18. The highest BCUT2D eigenvalue weighted by Crippen LogP contribution is 2.13. The second-order valence-electron chi connectivity index (χ2n) is 7.74. The number of rotatable bonds is 5. The van der Waals surface area contributed by atoms with E-state index in [1.54, 1.807) is 0 Å². The summed E-state index contributed by atoms with van der Waals surface area (Å²) in [6, 6.07) is 18.9. The fraction of sp³-hybridized carbons (Fsp3) is 0.240. The quantitative estimate of drug-likeness (QED) is 0.370. The first kappa shape index (κ1) is 22.6. The number of nitrogen functional groups attached to an aromatic ring is 1. The fourth-order valence-corrected chi connectivity index (χ4v) is 3.17. The Bertz CT molecular complexity index is 1280. The van der Waals surface area contributed by atoms with Gasteiger partial charge >= 0.3 is 5.69 Å². The Kier molecular flexibility index (Phi) is 7.29. The molecule has 7 nitrogen and oxygen atoms in total. The van der Waals surface area contributed by atoms with Gasteiger partial charge in [-0.25, -0.2) is 4.79 Å². The fourth-order valence-electron chi connectivity index (χ4n) is 3.17. The average Bonchev–Trinajstić information content (AvgIpc) is 2.79. The van der Waals surface area contributed by atoms with E-state index in [0.29, 0.717) is 6.54 Å². The van der Waals surface area contributed by atoms with E-state index in [1.807, 2.05) is 74.5 Å². The molecule has 0 fully saturated rings. The van der Waals surface area contributed by atoms with Crippen LogP contribution in [-0.4, -0.2) is 21.5 Å². The summed E-state index contributed by atoms with van der Waals surface area (Å²) < 4.78 is 2.48. The summed E-state index contributed by atoms with van der Waals surface area (Å²) in [7, 11) is 1.44. The van der Waals surface area contributed by atoms with Crippen LogP contribution in [0.4, 0.5) is 11.5 Å². The molecule has 0 unspecified atom stereocenters. The molecule has 0 bridgehead atoms. The maximum atomic E-state index is 13.0. The van der Waals surface area contributed by atoms with Crippen LogP contribution < -0.4 is 22.3 Å². The number of nitrogens with one attached hydrogen (secondary N) is 1. The summed E-state index contributed by atoms with van der Waals surface area (Å²) in [5.74, 6) is 6.58. The largest absolute Gasteiger partial charge is 0.384 e. The molecule has 0 saturated carbocycles. The highest BCUT2D eigenvalue weighted by Gasteiger charge is 2.20. The van der Waals surface area contributed by atoms with Gasteiger partial charge in [0.05, 0.1) is 0 Å². The van der Waals surface area contributed by atoms with E-state index in [2.05, 4.69) is 22.2 Å². The van der Waals surface area contributed by atoms with Gasteiger partial charge in [0, 0.05) is 24.8 Å². The first-order valence-corrected chi connectivity index (χ1v) is 10.4. The Morgan fingerprint density at radius 1 is 1.06 bits per heavy atom. The van der Waals surface area contributed by atoms with E-state index in [4.69, 9.17) is 5.73 Å². The smallest absolute Gasteiger partial charge is 0.332 e. The number of hydrogen-bond acceptors (Lipinski definition) is 4. The summed E-state index contributed by atoms with van der Waals surface area (Å²) in [6.07, 6.45) is 0. The Hall–Kier alpha value is -4.05. The van der Waals surface area contributed by atoms with Crippen molar-refractivity contribution in [2.75, 3.05) is 17.6 Å². The number of hydrogen-bond donors (Lipinski definition) is 2. The van der Waals surface area contributed by atoms with Crippen molar-refractivity contribution in [2.45, 2.75) is 20.4 Å². The second kappa shape index (κ2) is 10.3. The van der Waals surface area contributed by atoms with Crippen molar-refractivity contribution in [3.05, 3.63) is 92.6 Å². The zero-order valence-electron chi connectivity index (χ0n) is 18.5. The molecular formula is C25H27N5O2. The third-order valence-corrected chi connectivity index (χ3v) is 4.73. The van der Waals surface area contributed by atoms with Crippen molar-refractivity contribution in [1.29, 1.82) is 0 Å². The van der Waals surface area contributed by atoms with Gasteiger partial charge in [0.25, 0.3) is 5.56 Å². The molecule has 0 spiro atoms. The van der Waals surface area contributed by atoms with Gasteiger partial charge in [-0.2, -0.15) is 0 Å². The Balaban J connectivity index is 2.09. The molecule has 3 rings (SSSR count). The lowest BCUT2D eigenvalue weighted by molar-refractivity contribution is 0.493. The van der Waals surface area contributed by atoms with Crippen molar-refractivity contribution < 1.29 is 0 Å². The van der Waals surface area contributed by atoms with Gasteiger partial charge in [0.2, 0.25) is 0 Å². The SMILES string of the molecule is CC(C)Cn1c(N)c(C(=NCC#Cc2ccccc2)Nc2ccccc2)c(=O)n(C)c1=O. The third kappa shape index (κ3) is 5.35. The maximum Gasteiger partial charge on any atom is 0.332 e. The number of amidine groups is 1. The Labute approximate surface area is 187 Å². The normalized spacial score (nSPS) is 11.2. The molecule has 32 heavy (non-hydrogen) atoms. The van der Waals surface area contributed by atoms with Crippen molar-refractivity contribution in [2.24, 2.45) is 18.0 Å². The van der Waals surface area contributed by atoms with Crippen LogP contribution in [0.15, 0.2) is 75.2 Å². The average molecular weight is 430 g/mol. The molecule has 0 aliphatic heterocycles. The van der Waals surface area contributed by atoms with E-state index in [9.17, 15) is 9.59 Å². The minimum atomic E-state index is -0.509. The minimum absolute atomic E-state index is 0.0880. The van der Waals surface area contributed by atoms with E-state index < -0.39 is 11.2 Å². The van der Waals surface area contributed by atoms with Gasteiger partial charge < -0.3 is 11.1 Å². The van der Waals surface area contributed by atoms with Crippen molar-refractivity contribution in [3.63, 3.8) is 0 Å². The molecule has 7 heteroatoms. The van der Waals surface area contributed by atoms with Crippen molar-refractivity contribution >= 4 is 17.3 Å². The van der Waals surface area contributed by atoms with Gasteiger partial charge in [-0.05, 0) is 30.2 Å². The zero-order chi connectivity index (χ0) is 23.1. The third-order valence-electron chi connectivity index (χ3n) is 4.73. The molecule has 1 heterocycles. The monoisotopic (exact) mass is 429 g/mol. The summed E-state index contributed by atoms with van der Waals surface area (Å²) in [4.78, 5) is 30.2. The number of nitrogens with zero attached hydrogens (tertiary/aromatic N) is 3. The molecule has 3 aromatic rings. The molecule has 0 atom stereocenters. The lowest BCUT2D eigenvalue weighted by Gasteiger charge is -2.18. The van der Waals surface area contributed by atoms with Gasteiger partial charge in [-0.15, -0.1) is 0 Å². The molecule has 0 aliphatic carbocycles. The van der Waals surface area contributed by atoms with Crippen LogP contribution in [0.25, 0.3) is 0 Å². The van der Waals surface area contributed by atoms with Crippen molar-refractivity contribution in [1.82, 2.24) is 9.13 Å². The molecule has 0 amide bonds. The summed E-state index contributed by atoms with van der Waals surface area (Å²) >= 11 is 0. The van der Waals surface area contributed by atoms with Gasteiger partial charge in [-0.1, -0.05) is 62.1 Å². The highest BCUT2D eigenvalue weighted by molar-refractivity contribution is 6.10. The number of anilines is 2.